The van der Waals surface area contributed by atoms with Gasteiger partial charge >= 0.3 is 6.03 Å². The summed E-state index contributed by atoms with van der Waals surface area (Å²) in [6.07, 6.45) is 1.77. The number of urea groups is 1. The van der Waals surface area contributed by atoms with E-state index in [-0.39, 0.29) is 18.9 Å². The van der Waals surface area contributed by atoms with E-state index in [1.54, 1.807) is 18.2 Å². The van der Waals surface area contributed by atoms with Crippen LogP contribution in [-0.2, 0) is 4.79 Å². The maximum atomic E-state index is 13.0. The highest BCUT2D eigenvalue weighted by Gasteiger charge is 2.25. The van der Waals surface area contributed by atoms with Crippen LogP contribution in [0.1, 0.15) is 52.2 Å². The standard InChI is InChI=1S/C24H27N5O3/c1-16-2-5-20(14-21(16)28-24(32)27-11-8-22(26)30)23(31)29-12-9-19(10-13-29)18-6-3-17(15-25)4-7-18/h2-7,14,19H,8-13H2,1H3,(H2,26,30)(H2,27,28,32). The van der Waals surface area contributed by atoms with Crippen molar-refractivity contribution in [1.29, 1.82) is 5.26 Å². The summed E-state index contributed by atoms with van der Waals surface area (Å²) in [5.41, 5.74) is 8.79. The van der Waals surface area contributed by atoms with Crippen LogP contribution in [0.15, 0.2) is 42.5 Å². The first kappa shape index (κ1) is 22.8. The Morgan fingerprint density at radius 3 is 2.44 bits per heavy atom. The number of nitriles is 1. The Morgan fingerprint density at radius 2 is 1.81 bits per heavy atom. The van der Waals surface area contributed by atoms with E-state index in [1.807, 2.05) is 36.1 Å². The van der Waals surface area contributed by atoms with Crippen LogP contribution in [0.2, 0.25) is 0 Å². The van der Waals surface area contributed by atoms with Gasteiger partial charge in [0, 0.05) is 37.3 Å². The highest BCUT2D eigenvalue weighted by Crippen LogP contribution is 2.29. The second-order valence-electron chi connectivity index (χ2n) is 7.93. The number of nitrogens with two attached hydrogens (primary N) is 1. The number of nitrogens with zero attached hydrogens (tertiary/aromatic N) is 2. The van der Waals surface area contributed by atoms with Crippen molar-refractivity contribution < 1.29 is 14.4 Å². The van der Waals surface area contributed by atoms with Crippen LogP contribution in [0, 0.1) is 18.3 Å². The highest BCUT2D eigenvalue weighted by molar-refractivity contribution is 5.97. The highest BCUT2D eigenvalue weighted by atomic mass is 16.2. The summed E-state index contributed by atoms with van der Waals surface area (Å²) in [6.45, 7) is 3.28. The maximum absolute atomic E-state index is 13.0. The largest absolute Gasteiger partial charge is 0.370 e. The van der Waals surface area contributed by atoms with Gasteiger partial charge in [0.2, 0.25) is 5.91 Å². The zero-order valence-corrected chi connectivity index (χ0v) is 18.1. The lowest BCUT2D eigenvalue weighted by atomic mass is 9.89. The average Bonchev–Trinajstić information content (AvgIpc) is 2.80. The van der Waals surface area contributed by atoms with E-state index in [0.29, 0.717) is 35.8 Å². The minimum absolute atomic E-state index is 0.0589. The molecule has 4 N–H and O–H groups in total. The molecule has 0 unspecified atom stereocenters. The predicted molar refractivity (Wildman–Crippen MR) is 121 cm³/mol. The molecule has 0 aromatic heterocycles. The zero-order chi connectivity index (χ0) is 23.1. The molecule has 0 bridgehead atoms. The predicted octanol–water partition coefficient (Wildman–Crippen LogP) is 2.88. The molecule has 2 aromatic rings. The molecule has 0 radical (unpaired) electrons. The van der Waals surface area contributed by atoms with E-state index in [4.69, 9.17) is 11.0 Å². The SMILES string of the molecule is Cc1ccc(C(=O)N2CCC(c3ccc(C#N)cc3)CC2)cc1NC(=O)NCCC(N)=O. The Bertz CT molecular complexity index is 1030. The van der Waals surface area contributed by atoms with Gasteiger partial charge in [0.1, 0.15) is 0 Å². The van der Waals surface area contributed by atoms with Crippen molar-refractivity contribution >= 4 is 23.5 Å². The van der Waals surface area contributed by atoms with Gasteiger partial charge in [-0.25, -0.2) is 4.79 Å². The molecule has 8 heteroatoms. The minimum atomic E-state index is -0.489. The smallest absolute Gasteiger partial charge is 0.319 e. The van der Waals surface area contributed by atoms with E-state index in [9.17, 15) is 14.4 Å². The summed E-state index contributed by atoms with van der Waals surface area (Å²) in [5.74, 6) is -0.191. The summed E-state index contributed by atoms with van der Waals surface area (Å²) < 4.78 is 0. The first-order valence-electron chi connectivity index (χ1n) is 10.6. The molecule has 3 rings (SSSR count). The normalized spacial score (nSPS) is 13.8. The zero-order valence-electron chi connectivity index (χ0n) is 18.1. The van der Waals surface area contributed by atoms with E-state index in [2.05, 4.69) is 16.7 Å². The molecule has 1 heterocycles. The van der Waals surface area contributed by atoms with Crippen molar-refractivity contribution in [3.05, 3.63) is 64.7 Å². The summed E-state index contributed by atoms with van der Waals surface area (Å²) in [6, 6.07) is 14.6. The molecule has 166 valence electrons. The molecule has 0 aliphatic carbocycles. The third kappa shape index (κ3) is 5.85. The number of anilines is 1. The Kier molecular flexibility index (Phi) is 7.45. The molecule has 2 aromatic carbocycles. The van der Waals surface area contributed by atoms with Gasteiger partial charge in [-0.2, -0.15) is 5.26 Å². The first-order valence-corrected chi connectivity index (χ1v) is 10.6. The number of benzene rings is 2. The van der Waals surface area contributed by atoms with Crippen LogP contribution in [0.25, 0.3) is 0 Å². The number of primary amides is 1. The molecule has 0 saturated carbocycles. The lowest BCUT2D eigenvalue weighted by Gasteiger charge is -2.32. The summed E-state index contributed by atoms with van der Waals surface area (Å²) in [7, 11) is 0. The van der Waals surface area contributed by atoms with Crippen molar-refractivity contribution in [2.45, 2.75) is 32.1 Å². The lowest BCUT2D eigenvalue weighted by molar-refractivity contribution is -0.117. The fourth-order valence-corrected chi connectivity index (χ4v) is 3.78. The molecule has 1 fully saturated rings. The Hall–Kier alpha value is -3.86. The average molecular weight is 434 g/mol. The molecule has 32 heavy (non-hydrogen) atoms. The molecule has 8 nitrogen and oxygen atoms in total. The first-order chi connectivity index (χ1) is 15.4. The Morgan fingerprint density at radius 1 is 1.12 bits per heavy atom. The number of hydrogen-bond acceptors (Lipinski definition) is 4. The lowest BCUT2D eigenvalue weighted by Crippen LogP contribution is -2.38. The molecule has 1 saturated heterocycles. The number of likely N-dealkylation sites (tertiary alicyclic amines) is 1. The number of carbonyl (C=O) groups is 3. The fourth-order valence-electron chi connectivity index (χ4n) is 3.78. The Labute approximate surface area is 187 Å². The quantitative estimate of drug-likeness (QED) is 0.647. The number of amides is 4. The topological polar surface area (TPSA) is 128 Å². The second kappa shape index (κ2) is 10.4. The van der Waals surface area contributed by atoms with Crippen LogP contribution in [0.3, 0.4) is 0 Å². The molecule has 0 spiro atoms. The number of carbonyl (C=O) groups excluding carboxylic acids is 3. The number of rotatable bonds is 6. The minimum Gasteiger partial charge on any atom is -0.370 e. The van der Waals surface area contributed by atoms with Gasteiger partial charge in [0.25, 0.3) is 5.91 Å². The van der Waals surface area contributed by atoms with E-state index >= 15 is 0 Å². The van der Waals surface area contributed by atoms with Crippen LogP contribution in [0.5, 0.6) is 0 Å². The van der Waals surface area contributed by atoms with E-state index in [0.717, 1.165) is 18.4 Å². The van der Waals surface area contributed by atoms with Gasteiger partial charge in [-0.15, -0.1) is 0 Å². The number of aryl methyl sites for hydroxylation is 1. The van der Waals surface area contributed by atoms with E-state index < -0.39 is 11.9 Å². The van der Waals surface area contributed by atoms with Crippen molar-refractivity contribution in [1.82, 2.24) is 10.2 Å². The number of piperidine rings is 1. The summed E-state index contributed by atoms with van der Waals surface area (Å²) in [5, 5.41) is 14.2. The maximum Gasteiger partial charge on any atom is 0.319 e. The Balaban J connectivity index is 1.59. The molecular weight excluding hydrogens is 406 g/mol. The molecule has 1 aliphatic heterocycles. The van der Waals surface area contributed by atoms with Gasteiger partial charge in [-0.3, -0.25) is 9.59 Å². The van der Waals surface area contributed by atoms with Crippen LogP contribution in [-0.4, -0.2) is 42.4 Å². The van der Waals surface area contributed by atoms with Gasteiger partial charge < -0.3 is 21.3 Å². The molecule has 1 aliphatic rings. The summed E-state index contributed by atoms with van der Waals surface area (Å²) >= 11 is 0. The van der Waals surface area contributed by atoms with Gasteiger partial charge in [0.05, 0.1) is 11.6 Å². The van der Waals surface area contributed by atoms with Gasteiger partial charge in [0.15, 0.2) is 0 Å². The van der Waals surface area contributed by atoms with Crippen LogP contribution in [0.4, 0.5) is 10.5 Å². The number of nitrogens with one attached hydrogen (secondary N) is 2. The second-order valence-corrected chi connectivity index (χ2v) is 7.93. The molecular formula is C24H27N5O3. The summed E-state index contributed by atoms with van der Waals surface area (Å²) in [4.78, 5) is 37.7. The van der Waals surface area contributed by atoms with Crippen molar-refractivity contribution in [2.24, 2.45) is 5.73 Å². The monoisotopic (exact) mass is 433 g/mol. The third-order valence-corrected chi connectivity index (χ3v) is 5.68. The molecule has 0 atom stereocenters. The third-order valence-electron chi connectivity index (χ3n) is 5.68. The van der Waals surface area contributed by atoms with Gasteiger partial charge in [-0.1, -0.05) is 18.2 Å². The van der Waals surface area contributed by atoms with Crippen molar-refractivity contribution in [3.63, 3.8) is 0 Å². The van der Waals surface area contributed by atoms with E-state index in [1.165, 1.54) is 5.56 Å². The van der Waals surface area contributed by atoms with Crippen LogP contribution < -0.4 is 16.4 Å². The van der Waals surface area contributed by atoms with Crippen molar-refractivity contribution in [3.8, 4) is 6.07 Å². The molecule has 4 amide bonds. The number of hydrogen-bond donors (Lipinski definition) is 3. The van der Waals surface area contributed by atoms with Crippen LogP contribution >= 0.6 is 0 Å². The van der Waals surface area contributed by atoms with Crippen molar-refractivity contribution in [2.75, 3.05) is 25.0 Å². The van der Waals surface area contributed by atoms with Gasteiger partial charge in [-0.05, 0) is 61.1 Å². The fraction of sp³-hybridized carbons (Fsp3) is 0.333.